The van der Waals surface area contributed by atoms with Crippen molar-refractivity contribution in [2.75, 3.05) is 26.7 Å². The Bertz CT molecular complexity index is 276. The Morgan fingerprint density at radius 2 is 2.06 bits per heavy atom. The van der Waals surface area contributed by atoms with Crippen LogP contribution in [0.5, 0.6) is 0 Å². The van der Waals surface area contributed by atoms with Crippen molar-refractivity contribution in [2.45, 2.75) is 45.7 Å². The maximum absolute atomic E-state index is 12.4. The summed E-state index contributed by atoms with van der Waals surface area (Å²) in [5.41, 5.74) is 5.65. The summed E-state index contributed by atoms with van der Waals surface area (Å²) in [4.78, 5) is 16.6. The quantitative estimate of drug-likeness (QED) is 0.796. The van der Waals surface area contributed by atoms with E-state index in [-0.39, 0.29) is 17.5 Å². The van der Waals surface area contributed by atoms with Gasteiger partial charge in [-0.05, 0) is 39.8 Å². The van der Waals surface area contributed by atoms with Crippen LogP contribution in [-0.2, 0) is 4.79 Å². The molecule has 100 valence electrons. The number of nitrogens with two attached hydrogens (primary N) is 1. The molecule has 0 aliphatic carbocycles. The van der Waals surface area contributed by atoms with Gasteiger partial charge in [-0.3, -0.25) is 9.69 Å². The average molecular weight is 241 g/mol. The van der Waals surface area contributed by atoms with Crippen molar-refractivity contribution in [3.05, 3.63) is 0 Å². The Morgan fingerprint density at radius 1 is 1.47 bits per heavy atom. The number of nitrogens with zero attached hydrogens (tertiary/aromatic N) is 2. The van der Waals surface area contributed by atoms with Crippen LogP contribution in [0.1, 0.15) is 34.1 Å². The van der Waals surface area contributed by atoms with E-state index in [2.05, 4.69) is 32.6 Å². The molecular weight excluding hydrogens is 214 g/mol. The highest BCUT2D eigenvalue weighted by Gasteiger charge is 2.42. The highest BCUT2D eigenvalue weighted by atomic mass is 16.2. The third-order valence-electron chi connectivity index (χ3n) is 3.62. The molecule has 1 amide bonds. The van der Waals surface area contributed by atoms with E-state index < -0.39 is 0 Å². The van der Waals surface area contributed by atoms with Crippen LogP contribution in [0.3, 0.4) is 0 Å². The fourth-order valence-electron chi connectivity index (χ4n) is 2.53. The third-order valence-corrected chi connectivity index (χ3v) is 3.62. The number of hydrogen-bond donors (Lipinski definition) is 1. The number of likely N-dealkylation sites (N-methyl/N-ethyl adjacent to an activating group) is 1. The summed E-state index contributed by atoms with van der Waals surface area (Å²) in [6.07, 6.45) is 0.743. The van der Waals surface area contributed by atoms with Crippen LogP contribution in [0, 0.1) is 5.92 Å². The van der Waals surface area contributed by atoms with Gasteiger partial charge in [-0.25, -0.2) is 0 Å². The van der Waals surface area contributed by atoms with Gasteiger partial charge in [0.15, 0.2) is 0 Å². The van der Waals surface area contributed by atoms with Crippen LogP contribution in [0.4, 0.5) is 0 Å². The minimum atomic E-state index is -0.0532. The maximum atomic E-state index is 12.4. The van der Waals surface area contributed by atoms with Crippen LogP contribution in [0.25, 0.3) is 0 Å². The van der Waals surface area contributed by atoms with Crippen molar-refractivity contribution >= 4 is 5.91 Å². The normalized spacial score (nSPS) is 25.7. The Kier molecular flexibility index (Phi) is 4.55. The summed E-state index contributed by atoms with van der Waals surface area (Å²) in [6.45, 7) is 10.9. The number of hydrogen-bond acceptors (Lipinski definition) is 3. The van der Waals surface area contributed by atoms with Crippen molar-refractivity contribution in [1.82, 2.24) is 9.80 Å². The second kappa shape index (κ2) is 5.36. The number of carbonyl (C=O) groups is 1. The van der Waals surface area contributed by atoms with Crippen molar-refractivity contribution < 1.29 is 4.79 Å². The Labute approximate surface area is 105 Å². The molecule has 4 nitrogen and oxygen atoms in total. The van der Waals surface area contributed by atoms with Crippen LogP contribution >= 0.6 is 0 Å². The van der Waals surface area contributed by atoms with E-state index in [1.165, 1.54) is 0 Å². The Balaban J connectivity index is 2.86. The number of piperazine rings is 1. The van der Waals surface area contributed by atoms with Crippen LogP contribution in [0.2, 0.25) is 0 Å². The molecule has 0 aromatic carbocycles. The molecule has 1 aliphatic rings. The highest BCUT2D eigenvalue weighted by molar-refractivity contribution is 5.83. The van der Waals surface area contributed by atoms with Gasteiger partial charge in [0.2, 0.25) is 5.91 Å². The van der Waals surface area contributed by atoms with E-state index in [4.69, 9.17) is 5.73 Å². The van der Waals surface area contributed by atoms with E-state index in [1.54, 1.807) is 0 Å². The smallest absolute Gasteiger partial charge is 0.240 e. The van der Waals surface area contributed by atoms with E-state index in [1.807, 2.05) is 11.9 Å². The van der Waals surface area contributed by atoms with Gasteiger partial charge in [-0.1, -0.05) is 13.8 Å². The van der Waals surface area contributed by atoms with E-state index in [9.17, 15) is 4.79 Å². The molecule has 1 fully saturated rings. The molecule has 0 spiro atoms. The highest BCUT2D eigenvalue weighted by Crippen LogP contribution is 2.26. The number of carbonyl (C=O) groups excluding carboxylic acids is 1. The molecule has 0 aromatic heterocycles. The lowest BCUT2D eigenvalue weighted by atomic mass is 9.93. The van der Waals surface area contributed by atoms with E-state index in [0.717, 1.165) is 19.5 Å². The molecule has 1 atom stereocenters. The van der Waals surface area contributed by atoms with Crippen molar-refractivity contribution in [2.24, 2.45) is 11.7 Å². The largest absolute Gasteiger partial charge is 0.339 e. The van der Waals surface area contributed by atoms with Crippen molar-refractivity contribution in [3.8, 4) is 0 Å². The zero-order chi connectivity index (χ0) is 13.2. The van der Waals surface area contributed by atoms with Crippen LogP contribution in [0.15, 0.2) is 0 Å². The molecule has 0 bridgehead atoms. The van der Waals surface area contributed by atoms with Gasteiger partial charge in [-0.15, -0.1) is 0 Å². The first-order chi connectivity index (χ1) is 7.79. The second-order valence-corrected chi connectivity index (χ2v) is 6.13. The maximum Gasteiger partial charge on any atom is 0.240 e. The monoisotopic (exact) mass is 241 g/mol. The summed E-state index contributed by atoms with van der Waals surface area (Å²) in [5.74, 6) is 0.752. The van der Waals surface area contributed by atoms with Crippen LogP contribution in [-0.4, -0.2) is 54.0 Å². The molecular formula is C13H27N3O. The van der Waals surface area contributed by atoms with Gasteiger partial charge in [-0.2, -0.15) is 0 Å². The molecule has 1 heterocycles. The standard InChI is InChI=1S/C13H27N3O/c1-10(2)8-16-9-13(3,4)15(5)11(6-7-14)12(16)17/h10-11H,6-9,14H2,1-5H3. The molecule has 4 heteroatoms. The SMILES string of the molecule is CC(C)CN1CC(C)(C)N(C)C(CCN)C1=O. The van der Waals surface area contributed by atoms with Gasteiger partial charge in [0.1, 0.15) is 0 Å². The van der Waals surface area contributed by atoms with Gasteiger partial charge < -0.3 is 10.6 Å². The summed E-state index contributed by atoms with van der Waals surface area (Å²) in [6, 6.07) is -0.0532. The summed E-state index contributed by atoms with van der Waals surface area (Å²) in [7, 11) is 2.03. The fraction of sp³-hybridized carbons (Fsp3) is 0.923. The van der Waals surface area contributed by atoms with E-state index >= 15 is 0 Å². The predicted octanol–water partition coefficient (Wildman–Crippen LogP) is 0.912. The average Bonchev–Trinajstić information content (AvgIpc) is 2.20. The molecule has 1 rings (SSSR count). The summed E-state index contributed by atoms with van der Waals surface area (Å²) >= 11 is 0. The minimum absolute atomic E-state index is 0.0304. The summed E-state index contributed by atoms with van der Waals surface area (Å²) < 4.78 is 0. The zero-order valence-electron chi connectivity index (χ0n) is 11.9. The molecule has 1 unspecified atom stereocenters. The lowest BCUT2D eigenvalue weighted by Gasteiger charge is -2.49. The summed E-state index contributed by atoms with van der Waals surface area (Å²) in [5, 5.41) is 0. The van der Waals surface area contributed by atoms with Gasteiger partial charge in [0.05, 0.1) is 6.04 Å². The molecule has 0 aromatic rings. The topological polar surface area (TPSA) is 49.6 Å². The van der Waals surface area contributed by atoms with Crippen molar-refractivity contribution in [1.29, 1.82) is 0 Å². The lowest BCUT2D eigenvalue weighted by Crippen LogP contribution is -2.65. The molecule has 17 heavy (non-hydrogen) atoms. The first kappa shape index (κ1) is 14.5. The first-order valence-corrected chi connectivity index (χ1v) is 6.51. The van der Waals surface area contributed by atoms with E-state index in [0.29, 0.717) is 12.5 Å². The fourth-order valence-corrected chi connectivity index (χ4v) is 2.53. The molecule has 0 saturated carbocycles. The zero-order valence-corrected chi connectivity index (χ0v) is 11.9. The van der Waals surface area contributed by atoms with Gasteiger partial charge in [0.25, 0.3) is 0 Å². The lowest BCUT2D eigenvalue weighted by molar-refractivity contribution is -0.149. The Morgan fingerprint density at radius 3 is 2.53 bits per heavy atom. The second-order valence-electron chi connectivity index (χ2n) is 6.13. The molecule has 0 radical (unpaired) electrons. The third kappa shape index (κ3) is 3.19. The van der Waals surface area contributed by atoms with Crippen LogP contribution < -0.4 is 5.73 Å². The van der Waals surface area contributed by atoms with Crippen molar-refractivity contribution in [3.63, 3.8) is 0 Å². The first-order valence-electron chi connectivity index (χ1n) is 6.51. The molecule has 1 aliphatic heterocycles. The number of rotatable bonds is 4. The predicted molar refractivity (Wildman–Crippen MR) is 70.7 cm³/mol. The Hall–Kier alpha value is -0.610. The minimum Gasteiger partial charge on any atom is -0.339 e. The number of amides is 1. The molecule has 1 saturated heterocycles. The molecule has 2 N–H and O–H groups in total. The van der Waals surface area contributed by atoms with Gasteiger partial charge >= 0.3 is 0 Å². The van der Waals surface area contributed by atoms with Gasteiger partial charge in [0, 0.05) is 18.6 Å².